The van der Waals surface area contributed by atoms with Gasteiger partial charge in [-0.3, -0.25) is 0 Å². The minimum absolute atomic E-state index is 0.0193. The molecule has 1 aromatic carbocycles. The van der Waals surface area contributed by atoms with Crippen molar-refractivity contribution in [2.24, 2.45) is 0 Å². The first-order valence-corrected chi connectivity index (χ1v) is 8.52. The number of nitrogens with one attached hydrogen (secondary N) is 1. The van der Waals surface area contributed by atoms with Gasteiger partial charge < -0.3 is 10.4 Å². The standard InChI is InChI=1S/C14H21NO3S/c16-10-14(9-12-5-2-1-3-6-12)15-13-7-4-8-19(17,18)11-13/h1-3,5-6,13-16H,4,7-11H2/t13?,14-/m0/s1. The Kier molecular flexibility index (Phi) is 4.96. The predicted molar refractivity (Wildman–Crippen MR) is 75.8 cm³/mol. The van der Waals surface area contributed by atoms with E-state index in [4.69, 9.17) is 0 Å². The van der Waals surface area contributed by atoms with Crippen molar-refractivity contribution in [2.45, 2.75) is 31.3 Å². The molecule has 1 fully saturated rings. The minimum Gasteiger partial charge on any atom is -0.395 e. The van der Waals surface area contributed by atoms with Crippen LogP contribution < -0.4 is 5.32 Å². The molecule has 0 aromatic heterocycles. The maximum Gasteiger partial charge on any atom is 0.151 e. The highest BCUT2D eigenvalue weighted by atomic mass is 32.2. The highest BCUT2D eigenvalue weighted by molar-refractivity contribution is 7.91. The third kappa shape index (κ3) is 4.60. The lowest BCUT2D eigenvalue weighted by Crippen LogP contribution is -2.47. The van der Waals surface area contributed by atoms with Gasteiger partial charge in [0.2, 0.25) is 0 Å². The average molecular weight is 283 g/mol. The van der Waals surface area contributed by atoms with E-state index in [-0.39, 0.29) is 24.4 Å². The quantitative estimate of drug-likeness (QED) is 0.837. The van der Waals surface area contributed by atoms with Crippen molar-refractivity contribution in [3.05, 3.63) is 35.9 Å². The van der Waals surface area contributed by atoms with Gasteiger partial charge in [0.15, 0.2) is 9.84 Å². The first-order valence-electron chi connectivity index (χ1n) is 6.70. The van der Waals surface area contributed by atoms with Gasteiger partial charge in [0.05, 0.1) is 18.1 Å². The molecule has 1 aliphatic rings. The number of hydrogen-bond donors (Lipinski definition) is 2. The zero-order valence-corrected chi connectivity index (χ0v) is 11.8. The van der Waals surface area contributed by atoms with E-state index in [9.17, 15) is 13.5 Å². The molecule has 0 saturated carbocycles. The Balaban J connectivity index is 1.92. The van der Waals surface area contributed by atoms with Gasteiger partial charge in [-0.05, 0) is 24.8 Å². The SMILES string of the molecule is O=S1(=O)CCCC(N[C@H](CO)Cc2ccccc2)C1. The van der Waals surface area contributed by atoms with Gasteiger partial charge in [-0.2, -0.15) is 0 Å². The predicted octanol–water partition coefficient (Wildman–Crippen LogP) is 0.757. The van der Waals surface area contributed by atoms with Gasteiger partial charge in [0, 0.05) is 12.1 Å². The second-order valence-electron chi connectivity index (χ2n) is 5.19. The van der Waals surface area contributed by atoms with Gasteiger partial charge >= 0.3 is 0 Å². The molecule has 0 spiro atoms. The smallest absolute Gasteiger partial charge is 0.151 e. The number of benzene rings is 1. The molecule has 1 heterocycles. The van der Waals surface area contributed by atoms with Crippen molar-refractivity contribution in [3.63, 3.8) is 0 Å². The Bertz CT molecular complexity index is 487. The molecule has 2 rings (SSSR count). The summed E-state index contributed by atoms with van der Waals surface area (Å²) in [6.45, 7) is 0.0193. The summed E-state index contributed by atoms with van der Waals surface area (Å²) in [6, 6.07) is 9.81. The second kappa shape index (κ2) is 6.50. The first-order chi connectivity index (χ1) is 9.09. The number of aliphatic hydroxyl groups is 1. The fourth-order valence-electron chi connectivity index (χ4n) is 2.56. The normalized spacial score (nSPS) is 23.9. The summed E-state index contributed by atoms with van der Waals surface area (Å²) in [5.74, 6) is 0.492. The molecular formula is C14H21NO3S. The monoisotopic (exact) mass is 283 g/mol. The summed E-state index contributed by atoms with van der Waals surface area (Å²) in [5, 5.41) is 12.7. The van der Waals surface area contributed by atoms with Gasteiger partial charge in [-0.25, -0.2) is 8.42 Å². The molecule has 0 amide bonds. The summed E-state index contributed by atoms with van der Waals surface area (Å²) < 4.78 is 23.2. The van der Waals surface area contributed by atoms with E-state index in [1.807, 2.05) is 30.3 Å². The Morgan fingerprint density at radius 3 is 2.68 bits per heavy atom. The molecular weight excluding hydrogens is 262 g/mol. The van der Waals surface area contributed by atoms with E-state index >= 15 is 0 Å². The van der Waals surface area contributed by atoms with Crippen LogP contribution in [0.25, 0.3) is 0 Å². The van der Waals surface area contributed by atoms with E-state index in [0.29, 0.717) is 18.6 Å². The maximum absolute atomic E-state index is 11.6. The van der Waals surface area contributed by atoms with Crippen molar-refractivity contribution in [3.8, 4) is 0 Å². The lowest BCUT2D eigenvalue weighted by atomic mass is 10.0. The molecule has 0 aliphatic carbocycles. The van der Waals surface area contributed by atoms with Gasteiger partial charge in [-0.15, -0.1) is 0 Å². The van der Waals surface area contributed by atoms with E-state index in [1.54, 1.807) is 0 Å². The van der Waals surface area contributed by atoms with Crippen LogP contribution in [0.3, 0.4) is 0 Å². The van der Waals surface area contributed by atoms with Gasteiger partial charge in [-0.1, -0.05) is 30.3 Å². The van der Waals surface area contributed by atoms with Crippen molar-refractivity contribution in [1.82, 2.24) is 5.32 Å². The fraction of sp³-hybridized carbons (Fsp3) is 0.571. The average Bonchev–Trinajstić information content (AvgIpc) is 2.38. The van der Waals surface area contributed by atoms with Crippen LogP contribution in [0.15, 0.2) is 30.3 Å². The van der Waals surface area contributed by atoms with Crippen LogP contribution in [0, 0.1) is 0 Å². The first kappa shape index (κ1) is 14.5. The summed E-state index contributed by atoms with van der Waals surface area (Å²) in [4.78, 5) is 0. The number of rotatable bonds is 5. The topological polar surface area (TPSA) is 66.4 Å². The van der Waals surface area contributed by atoms with Crippen molar-refractivity contribution in [2.75, 3.05) is 18.1 Å². The fourth-order valence-corrected chi connectivity index (χ4v) is 4.21. The Morgan fingerprint density at radius 1 is 1.32 bits per heavy atom. The maximum atomic E-state index is 11.6. The van der Waals surface area contributed by atoms with Crippen LogP contribution in [0.5, 0.6) is 0 Å². The highest BCUT2D eigenvalue weighted by Gasteiger charge is 2.26. The third-order valence-electron chi connectivity index (χ3n) is 3.48. The molecule has 1 aromatic rings. The second-order valence-corrected chi connectivity index (χ2v) is 7.42. The van der Waals surface area contributed by atoms with Crippen LogP contribution in [0.2, 0.25) is 0 Å². The molecule has 0 radical (unpaired) electrons. The molecule has 1 aliphatic heterocycles. The van der Waals surface area contributed by atoms with Crippen LogP contribution in [0.1, 0.15) is 18.4 Å². The molecule has 2 N–H and O–H groups in total. The number of aliphatic hydroxyl groups excluding tert-OH is 1. The molecule has 0 bridgehead atoms. The van der Waals surface area contributed by atoms with Crippen LogP contribution >= 0.6 is 0 Å². The highest BCUT2D eigenvalue weighted by Crippen LogP contribution is 2.13. The van der Waals surface area contributed by atoms with Crippen molar-refractivity contribution < 1.29 is 13.5 Å². The van der Waals surface area contributed by atoms with E-state index < -0.39 is 9.84 Å². The zero-order valence-electron chi connectivity index (χ0n) is 11.0. The summed E-state index contributed by atoms with van der Waals surface area (Å²) >= 11 is 0. The van der Waals surface area contributed by atoms with Crippen LogP contribution in [0.4, 0.5) is 0 Å². The van der Waals surface area contributed by atoms with Crippen molar-refractivity contribution >= 4 is 9.84 Å². The molecule has 1 unspecified atom stereocenters. The Morgan fingerprint density at radius 2 is 2.05 bits per heavy atom. The zero-order chi connectivity index (χ0) is 13.7. The van der Waals surface area contributed by atoms with E-state index in [0.717, 1.165) is 12.0 Å². The molecule has 2 atom stereocenters. The minimum atomic E-state index is -2.90. The molecule has 4 nitrogen and oxygen atoms in total. The third-order valence-corrected chi connectivity index (χ3v) is 5.30. The summed E-state index contributed by atoms with van der Waals surface area (Å²) in [7, 11) is -2.90. The summed E-state index contributed by atoms with van der Waals surface area (Å²) in [6.07, 6.45) is 2.29. The molecule has 106 valence electrons. The largest absolute Gasteiger partial charge is 0.395 e. The van der Waals surface area contributed by atoms with Gasteiger partial charge in [0.1, 0.15) is 0 Å². The Hall–Kier alpha value is -0.910. The molecule has 19 heavy (non-hydrogen) atoms. The van der Waals surface area contributed by atoms with Gasteiger partial charge in [0.25, 0.3) is 0 Å². The molecule has 5 heteroatoms. The molecule has 1 saturated heterocycles. The van der Waals surface area contributed by atoms with Crippen LogP contribution in [-0.4, -0.2) is 43.7 Å². The van der Waals surface area contributed by atoms with Crippen molar-refractivity contribution in [1.29, 1.82) is 0 Å². The van der Waals surface area contributed by atoms with E-state index in [2.05, 4.69) is 5.32 Å². The summed E-state index contributed by atoms with van der Waals surface area (Å²) in [5.41, 5.74) is 1.15. The number of sulfone groups is 1. The Labute approximate surface area is 114 Å². The lowest BCUT2D eigenvalue weighted by Gasteiger charge is -2.27. The van der Waals surface area contributed by atoms with E-state index in [1.165, 1.54) is 0 Å². The van der Waals surface area contributed by atoms with Crippen LogP contribution in [-0.2, 0) is 16.3 Å². The lowest BCUT2D eigenvalue weighted by molar-refractivity contribution is 0.229. The number of hydrogen-bond acceptors (Lipinski definition) is 4.